The van der Waals surface area contributed by atoms with Gasteiger partial charge in [0.15, 0.2) is 6.10 Å². The summed E-state index contributed by atoms with van der Waals surface area (Å²) in [5.74, 6) is -2.49. The van der Waals surface area contributed by atoms with Crippen LogP contribution in [-0.4, -0.2) is 47.9 Å². The number of benzene rings is 1. The molecule has 1 atom stereocenters. The molecule has 1 aromatic carbocycles. The lowest BCUT2D eigenvalue weighted by Gasteiger charge is -2.10. The molecule has 2 N–H and O–H groups in total. The van der Waals surface area contributed by atoms with Crippen LogP contribution in [0.4, 0.5) is 0 Å². The number of phenols is 1. The average Bonchev–Trinajstić information content (AvgIpc) is 2.52. The Hall–Kier alpha value is -2.87. The van der Waals surface area contributed by atoms with Gasteiger partial charge < -0.3 is 24.4 Å². The molecule has 0 amide bonds. The normalized spacial score (nSPS) is 11.7. The molecule has 0 saturated heterocycles. The fraction of sp³-hybridized carbons (Fsp3) is 0.267. The van der Waals surface area contributed by atoms with Crippen LogP contribution >= 0.6 is 0 Å². The second kappa shape index (κ2) is 9.21. The highest BCUT2D eigenvalue weighted by Gasteiger charge is 2.18. The summed E-state index contributed by atoms with van der Waals surface area (Å²) in [6.45, 7) is -0.249. The van der Waals surface area contributed by atoms with E-state index < -0.39 is 24.0 Å². The standard InChI is InChI=1S/C15H16O8/c1-21-13(18)5-6-14(19)22-8-7-12(17)15(20)23-11-4-2-3-10(16)9-11/h2-6,9,12,16-17H,7-8H2,1H3/b6-5+. The van der Waals surface area contributed by atoms with Gasteiger partial charge in [0.25, 0.3) is 0 Å². The minimum atomic E-state index is -1.50. The number of hydrogen-bond donors (Lipinski definition) is 2. The Bertz CT molecular complexity index is 593. The molecule has 8 heteroatoms. The van der Waals surface area contributed by atoms with Crippen molar-refractivity contribution in [3.05, 3.63) is 36.4 Å². The number of aliphatic hydroxyl groups excluding tert-OH is 1. The lowest BCUT2D eigenvalue weighted by molar-refractivity contribution is -0.147. The molecule has 1 rings (SSSR count). The van der Waals surface area contributed by atoms with Gasteiger partial charge in [0, 0.05) is 24.6 Å². The maximum Gasteiger partial charge on any atom is 0.340 e. The Morgan fingerprint density at radius 2 is 1.91 bits per heavy atom. The Morgan fingerprint density at radius 3 is 2.57 bits per heavy atom. The number of carbonyl (C=O) groups excluding carboxylic acids is 3. The molecule has 0 fully saturated rings. The van der Waals surface area contributed by atoms with Crippen LogP contribution < -0.4 is 4.74 Å². The number of aromatic hydroxyl groups is 1. The molecule has 1 aromatic rings. The van der Waals surface area contributed by atoms with Crippen molar-refractivity contribution in [2.24, 2.45) is 0 Å². The van der Waals surface area contributed by atoms with Crippen LogP contribution in [0.3, 0.4) is 0 Å². The first-order valence-corrected chi connectivity index (χ1v) is 6.54. The second-order valence-electron chi connectivity index (χ2n) is 4.25. The molecule has 1 unspecified atom stereocenters. The molecule has 23 heavy (non-hydrogen) atoms. The van der Waals surface area contributed by atoms with Crippen molar-refractivity contribution in [2.45, 2.75) is 12.5 Å². The van der Waals surface area contributed by atoms with Crippen molar-refractivity contribution in [1.29, 1.82) is 0 Å². The number of hydrogen-bond acceptors (Lipinski definition) is 8. The SMILES string of the molecule is COC(=O)/C=C/C(=O)OCCC(O)C(=O)Oc1cccc(O)c1. The lowest BCUT2D eigenvalue weighted by atomic mass is 10.2. The molecular formula is C15H16O8. The Morgan fingerprint density at radius 1 is 1.22 bits per heavy atom. The van der Waals surface area contributed by atoms with Gasteiger partial charge in [-0.25, -0.2) is 14.4 Å². The third kappa shape index (κ3) is 7.09. The summed E-state index contributed by atoms with van der Waals surface area (Å²) in [6.07, 6.45) is 0.0583. The van der Waals surface area contributed by atoms with Crippen LogP contribution in [-0.2, 0) is 23.9 Å². The number of phenolic OH excluding ortho intramolecular Hbond substituents is 1. The first-order chi connectivity index (χ1) is 10.9. The quantitative estimate of drug-likeness (QED) is 0.418. The van der Waals surface area contributed by atoms with E-state index in [1.54, 1.807) is 0 Å². The predicted molar refractivity (Wildman–Crippen MR) is 76.5 cm³/mol. The number of aliphatic hydroxyl groups is 1. The predicted octanol–water partition coefficient (Wildman–Crippen LogP) is 0.321. The zero-order chi connectivity index (χ0) is 17.2. The van der Waals surface area contributed by atoms with Crippen LogP contribution in [0, 0.1) is 0 Å². The highest BCUT2D eigenvalue weighted by molar-refractivity contribution is 5.91. The second-order valence-corrected chi connectivity index (χ2v) is 4.25. The molecule has 0 bridgehead atoms. The van der Waals surface area contributed by atoms with Crippen LogP contribution in [0.2, 0.25) is 0 Å². The fourth-order valence-electron chi connectivity index (χ4n) is 1.37. The fourth-order valence-corrected chi connectivity index (χ4v) is 1.37. The van der Waals surface area contributed by atoms with E-state index >= 15 is 0 Å². The smallest absolute Gasteiger partial charge is 0.340 e. The molecule has 8 nitrogen and oxygen atoms in total. The van der Waals surface area contributed by atoms with E-state index in [2.05, 4.69) is 9.47 Å². The molecule has 0 saturated carbocycles. The zero-order valence-electron chi connectivity index (χ0n) is 12.3. The summed E-state index contributed by atoms with van der Waals surface area (Å²) in [5, 5.41) is 18.8. The van der Waals surface area contributed by atoms with Crippen molar-refractivity contribution >= 4 is 17.9 Å². The minimum absolute atomic E-state index is 0.0760. The van der Waals surface area contributed by atoms with Gasteiger partial charge in [-0.1, -0.05) is 6.07 Å². The van der Waals surface area contributed by atoms with Crippen molar-refractivity contribution in [1.82, 2.24) is 0 Å². The highest BCUT2D eigenvalue weighted by Crippen LogP contribution is 2.18. The molecule has 0 heterocycles. The van der Waals surface area contributed by atoms with Crippen molar-refractivity contribution in [3.8, 4) is 11.5 Å². The van der Waals surface area contributed by atoms with Gasteiger partial charge in [-0.05, 0) is 12.1 Å². The molecular weight excluding hydrogens is 308 g/mol. The number of carbonyl (C=O) groups is 3. The summed E-state index contributed by atoms with van der Waals surface area (Å²) in [7, 11) is 1.16. The molecule has 0 spiro atoms. The number of esters is 3. The molecule has 0 aliphatic heterocycles. The number of methoxy groups -OCH3 is 1. The van der Waals surface area contributed by atoms with E-state index in [-0.39, 0.29) is 24.5 Å². The van der Waals surface area contributed by atoms with Crippen LogP contribution in [0.1, 0.15) is 6.42 Å². The van der Waals surface area contributed by atoms with Gasteiger partial charge in [-0.15, -0.1) is 0 Å². The number of rotatable bonds is 7. The Kier molecular flexibility index (Phi) is 7.28. The van der Waals surface area contributed by atoms with Gasteiger partial charge in [-0.2, -0.15) is 0 Å². The van der Waals surface area contributed by atoms with E-state index in [4.69, 9.17) is 4.74 Å². The Labute approximate surface area is 131 Å². The van der Waals surface area contributed by atoms with E-state index in [9.17, 15) is 24.6 Å². The molecule has 0 aromatic heterocycles. The summed E-state index contributed by atoms with van der Waals surface area (Å²) in [6, 6.07) is 5.51. The molecule has 0 radical (unpaired) electrons. The van der Waals surface area contributed by atoms with Crippen molar-refractivity contribution < 1.29 is 38.8 Å². The summed E-state index contributed by atoms with van der Waals surface area (Å²) in [4.78, 5) is 33.5. The maximum absolute atomic E-state index is 11.6. The van der Waals surface area contributed by atoms with Gasteiger partial charge in [0.05, 0.1) is 13.7 Å². The first kappa shape index (κ1) is 18.2. The van der Waals surface area contributed by atoms with Crippen LogP contribution in [0.25, 0.3) is 0 Å². The van der Waals surface area contributed by atoms with Crippen molar-refractivity contribution in [3.63, 3.8) is 0 Å². The van der Waals surface area contributed by atoms with Crippen molar-refractivity contribution in [2.75, 3.05) is 13.7 Å². The van der Waals surface area contributed by atoms with Crippen LogP contribution in [0.15, 0.2) is 36.4 Å². The highest BCUT2D eigenvalue weighted by atomic mass is 16.6. The van der Waals surface area contributed by atoms with E-state index in [0.717, 1.165) is 19.3 Å². The van der Waals surface area contributed by atoms with Gasteiger partial charge in [0.2, 0.25) is 0 Å². The third-order valence-corrected chi connectivity index (χ3v) is 2.50. The van der Waals surface area contributed by atoms with E-state index in [1.807, 2.05) is 0 Å². The van der Waals surface area contributed by atoms with Gasteiger partial charge >= 0.3 is 17.9 Å². The monoisotopic (exact) mass is 324 g/mol. The van der Waals surface area contributed by atoms with Gasteiger partial charge in [-0.3, -0.25) is 0 Å². The summed E-state index contributed by atoms with van der Waals surface area (Å²) in [5.41, 5.74) is 0. The third-order valence-electron chi connectivity index (χ3n) is 2.50. The Balaban J connectivity index is 2.34. The largest absolute Gasteiger partial charge is 0.508 e. The average molecular weight is 324 g/mol. The van der Waals surface area contributed by atoms with E-state index in [0.29, 0.717) is 0 Å². The lowest BCUT2D eigenvalue weighted by Crippen LogP contribution is -2.27. The summed E-state index contributed by atoms with van der Waals surface area (Å²) < 4.78 is 13.8. The van der Waals surface area contributed by atoms with E-state index in [1.165, 1.54) is 24.3 Å². The topological polar surface area (TPSA) is 119 Å². The molecule has 0 aliphatic carbocycles. The molecule has 124 valence electrons. The zero-order valence-corrected chi connectivity index (χ0v) is 12.3. The first-order valence-electron chi connectivity index (χ1n) is 6.54. The molecule has 0 aliphatic rings. The summed E-state index contributed by atoms with van der Waals surface area (Å²) >= 11 is 0. The maximum atomic E-state index is 11.6. The number of ether oxygens (including phenoxy) is 3. The van der Waals surface area contributed by atoms with Crippen LogP contribution in [0.5, 0.6) is 11.5 Å². The minimum Gasteiger partial charge on any atom is -0.508 e. The van der Waals surface area contributed by atoms with Gasteiger partial charge in [0.1, 0.15) is 11.5 Å².